The van der Waals surface area contributed by atoms with Gasteiger partial charge in [0.2, 0.25) is 5.95 Å². The number of aliphatic carboxylic acids is 1. The number of hydrogen-bond donors (Lipinski definition) is 7. The van der Waals surface area contributed by atoms with Gasteiger partial charge in [-0.15, -0.1) is 11.3 Å². The smallest absolute Gasteiger partial charge is 0.335 e. The first kappa shape index (κ1) is 38.9. The molecule has 8 N–H and O–H groups in total. The van der Waals surface area contributed by atoms with Crippen molar-refractivity contribution in [3.63, 3.8) is 0 Å². The Labute approximate surface area is 264 Å². The van der Waals surface area contributed by atoms with Gasteiger partial charge in [-0.2, -0.15) is 9.49 Å². The number of thiazole rings is 1. The van der Waals surface area contributed by atoms with Gasteiger partial charge in [-0.05, 0) is 38.8 Å². The number of H-pyrrole nitrogens is 1. The highest BCUT2D eigenvalue weighted by Crippen LogP contribution is 2.23. The quantitative estimate of drug-likeness (QED) is 0.139. The molecule has 1 saturated carbocycles. The van der Waals surface area contributed by atoms with E-state index < -0.39 is 41.5 Å². The number of nitrogens with one attached hydrogen (secondary N) is 2. The number of hydrogen-bond acceptors (Lipinski definition) is 11. The maximum Gasteiger partial charge on any atom is 0.335 e. The van der Waals surface area contributed by atoms with Crippen LogP contribution in [-0.2, 0) is 4.79 Å². The Hall–Kier alpha value is -4.12. The fraction of sp³-hybridized carbons (Fsp3) is 0.448. The summed E-state index contributed by atoms with van der Waals surface area (Å²) in [6.45, 7) is 7.14. The van der Waals surface area contributed by atoms with Gasteiger partial charge >= 0.3 is 5.97 Å². The first-order chi connectivity index (χ1) is 21.5. The highest BCUT2D eigenvalue weighted by molar-refractivity contribution is 7.13. The number of nitrogens with two attached hydrogens (primary N) is 1. The summed E-state index contributed by atoms with van der Waals surface area (Å²) in [6.07, 6.45) is 6.94. The number of aromatic amines is 1. The third-order valence-corrected chi connectivity index (χ3v) is 6.68. The van der Waals surface area contributed by atoms with Gasteiger partial charge in [-0.3, -0.25) is 14.9 Å². The summed E-state index contributed by atoms with van der Waals surface area (Å²) in [7, 11) is 0. The maximum atomic E-state index is 14.3. The van der Waals surface area contributed by atoms with Crippen molar-refractivity contribution >= 4 is 35.1 Å². The number of nitrogens with zero attached hydrogens (tertiary/aromatic N) is 4. The summed E-state index contributed by atoms with van der Waals surface area (Å²) in [6, 6.07) is 1.91. The Bertz CT molecular complexity index is 1380. The summed E-state index contributed by atoms with van der Waals surface area (Å²) in [5.74, 6) is -3.65. The van der Waals surface area contributed by atoms with E-state index in [4.69, 9.17) is 26.2 Å². The van der Waals surface area contributed by atoms with Crippen LogP contribution in [-0.4, -0.2) is 83.5 Å². The van der Waals surface area contributed by atoms with E-state index in [1.54, 1.807) is 24.7 Å². The molecule has 0 saturated heterocycles. The molecule has 2 unspecified atom stereocenters. The fourth-order valence-corrected chi connectivity index (χ4v) is 4.37. The number of allylic oxidation sites excluding steroid dienone is 1. The van der Waals surface area contributed by atoms with Gasteiger partial charge in [-0.1, -0.05) is 33.1 Å². The summed E-state index contributed by atoms with van der Waals surface area (Å²) in [4.78, 5) is 35.0. The molecular formula is C29H41F2N7O6S. The first-order valence-corrected chi connectivity index (χ1v) is 15.2. The van der Waals surface area contributed by atoms with Crippen LogP contribution in [0, 0.1) is 11.8 Å². The average molecular weight is 654 g/mol. The van der Waals surface area contributed by atoms with Crippen molar-refractivity contribution < 1.29 is 38.8 Å². The van der Waals surface area contributed by atoms with Crippen LogP contribution < -0.4 is 11.1 Å². The molecule has 1 fully saturated rings. The van der Waals surface area contributed by atoms with E-state index in [1.165, 1.54) is 24.5 Å². The Kier molecular flexibility index (Phi) is 18.0. The minimum atomic E-state index is -1.66. The molecule has 4 rings (SSSR count). The average Bonchev–Trinajstić information content (AvgIpc) is 3.75. The zero-order valence-electron chi connectivity index (χ0n) is 25.6. The van der Waals surface area contributed by atoms with Gasteiger partial charge < -0.3 is 31.5 Å². The highest BCUT2D eigenvalue weighted by atomic mass is 32.1. The van der Waals surface area contributed by atoms with Gasteiger partial charge in [-0.25, -0.2) is 19.2 Å². The number of aliphatic hydroxyl groups is 3. The number of carboxylic acid groups (broad SMARTS) is 1. The van der Waals surface area contributed by atoms with E-state index in [-0.39, 0.29) is 29.7 Å². The number of carbonyl (C=O) groups excluding carboxylic acids is 1. The highest BCUT2D eigenvalue weighted by Gasteiger charge is 2.19. The number of amides is 1. The second-order valence-electron chi connectivity index (χ2n) is 9.18. The Balaban J connectivity index is 0.000000664. The van der Waals surface area contributed by atoms with Gasteiger partial charge in [0.15, 0.2) is 11.9 Å². The van der Waals surface area contributed by atoms with E-state index >= 15 is 0 Å². The number of halogens is 2. The molecule has 2 atom stereocenters. The fourth-order valence-electron chi connectivity index (χ4n) is 3.59. The SMILES string of the molecule is CC.CC(O)C(O)C(=O)O.CCO.N/C(=C(\C=NC1CCCCC1)NC(=O)c1csc(-c2cn[nH]c2)n1)c1nc(F)ccc1F. The number of rotatable bonds is 8. The monoisotopic (exact) mass is 653 g/mol. The van der Waals surface area contributed by atoms with E-state index in [0.717, 1.165) is 49.8 Å². The number of pyridine rings is 1. The molecular weight excluding hydrogens is 612 g/mol. The standard InChI is InChI=1S/C21H21F2N7OS.C4H8O4.C2H6O.C2H6/c22-14-6-7-17(23)30-19(14)18(24)15(10-25-13-4-2-1-3-5-13)28-20(31)16-11-32-21(29-16)12-8-26-27-9-12;1-2(5)3(6)4(7)8;1-2-3;1-2/h6-11,13H,1-5,24H2,(H,26,27)(H,28,31);2-3,5-6H,1H3,(H,7,8);3H,2H2,1H3;1-2H3/b18-15+,25-10?;;;. The Morgan fingerprint density at radius 3 is 2.38 bits per heavy atom. The number of carbonyl (C=O) groups is 2. The normalized spacial score (nSPS) is 14.8. The first-order valence-electron chi connectivity index (χ1n) is 14.3. The molecule has 0 spiro atoms. The van der Waals surface area contributed by atoms with E-state index in [0.29, 0.717) is 5.01 Å². The predicted molar refractivity (Wildman–Crippen MR) is 167 cm³/mol. The Morgan fingerprint density at radius 1 is 1.20 bits per heavy atom. The number of aromatic nitrogens is 4. The predicted octanol–water partition coefficient (Wildman–Crippen LogP) is 3.50. The third kappa shape index (κ3) is 13.2. The second-order valence-corrected chi connectivity index (χ2v) is 10.0. The van der Waals surface area contributed by atoms with Crippen LogP contribution in [0.3, 0.4) is 0 Å². The van der Waals surface area contributed by atoms with Crippen LogP contribution >= 0.6 is 11.3 Å². The van der Waals surface area contributed by atoms with E-state index in [9.17, 15) is 18.4 Å². The Morgan fingerprint density at radius 2 is 1.84 bits per heavy atom. The van der Waals surface area contributed by atoms with Gasteiger partial charge in [0, 0.05) is 30.0 Å². The molecule has 248 valence electrons. The molecule has 3 heterocycles. The number of aliphatic hydroxyl groups excluding tert-OH is 3. The molecule has 3 aromatic heterocycles. The summed E-state index contributed by atoms with van der Waals surface area (Å²) in [5.41, 5.74) is 6.42. The largest absolute Gasteiger partial charge is 0.479 e. The zero-order valence-corrected chi connectivity index (χ0v) is 26.4. The molecule has 0 aromatic carbocycles. The van der Waals surface area contributed by atoms with Crippen LogP contribution in [0.4, 0.5) is 8.78 Å². The number of carboxylic acids is 1. The van der Waals surface area contributed by atoms with Crippen molar-refractivity contribution in [1.29, 1.82) is 0 Å². The van der Waals surface area contributed by atoms with Crippen molar-refractivity contribution in [2.45, 2.75) is 78.0 Å². The molecule has 0 radical (unpaired) electrons. The second kappa shape index (κ2) is 20.8. The van der Waals surface area contributed by atoms with Crippen molar-refractivity contribution in [2.24, 2.45) is 10.7 Å². The summed E-state index contributed by atoms with van der Waals surface area (Å²) >= 11 is 1.27. The lowest BCUT2D eigenvalue weighted by Gasteiger charge is -2.18. The number of aliphatic imine (C=N–C) groups is 1. The van der Waals surface area contributed by atoms with Crippen LogP contribution in [0.5, 0.6) is 0 Å². The summed E-state index contributed by atoms with van der Waals surface area (Å²) < 4.78 is 27.9. The molecule has 1 aliphatic rings. The van der Waals surface area contributed by atoms with E-state index in [1.807, 2.05) is 13.8 Å². The third-order valence-electron chi connectivity index (χ3n) is 5.79. The van der Waals surface area contributed by atoms with Crippen molar-refractivity contribution in [1.82, 2.24) is 25.5 Å². The van der Waals surface area contributed by atoms with Crippen LogP contribution in [0.2, 0.25) is 0 Å². The topological polar surface area (TPSA) is 220 Å². The molecule has 1 amide bonds. The molecule has 0 bridgehead atoms. The van der Waals surface area contributed by atoms with Crippen LogP contribution in [0.1, 0.15) is 76.0 Å². The minimum Gasteiger partial charge on any atom is -0.479 e. The van der Waals surface area contributed by atoms with Crippen molar-refractivity contribution in [3.05, 3.63) is 58.8 Å². The van der Waals surface area contributed by atoms with Gasteiger partial charge in [0.1, 0.15) is 16.4 Å². The van der Waals surface area contributed by atoms with Crippen molar-refractivity contribution in [2.75, 3.05) is 6.61 Å². The van der Waals surface area contributed by atoms with Gasteiger partial charge in [0.25, 0.3) is 5.91 Å². The molecule has 45 heavy (non-hydrogen) atoms. The zero-order chi connectivity index (χ0) is 33.9. The molecule has 3 aromatic rings. The van der Waals surface area contributed by atoms with Crippen molar-refractivity contribution in [3.8, 4) is 10.6 Å². The minimum absolute atomic E-state index is 0.0374. The lowest BCUT2D eigenvalue weighted by atomic mass is 9.96. The molecule has 1 aliphatic carbocycles. The molecule has 0 aliphatic heterocycles. The molecule has 13 nitrogen and oxygen atoms in total. The van der Waals surface area contributed by atoms with Crippen LogP contribution in [0.15, 0.2) is 40.6 Å². The van der Waals surface area contributed by atoms with E-state index in [2.05, 4.69) is 30.5 Å². The summed E-state index contributed by atoms with van der Waals surface area (Å²) in [5, 5.41) is 43.6. The lowest BCUT2D eigenvalue weighted by molar-refractivity contribution is -0.151. The maximum absolute atomic E-state index is 14.3. The lowest BCUT2D eigenvalue weighted by Crippen LogP contribution is -2.30. The van der Waals surface area contributed by atoms with Crippen LogP contribution in [0.25, 0.3) is 16.3 Å². The van der Waals surface area contributed by atoms with Gasteiger partial charge in [0.05, 0.1) is 29.7 Å². The molecule has 16 heteroatoms.